The molecule has 0 aromatic heterocycles. The molecule has 21 heavy (non-hydrogen) atoms. The molecule has 2 N–H and O–H groups in total. The molecule has 1 fully saturated rings. The van der Waals surface area contributed by atoms with Gasteiger partial charge in [0.2, 0.25) is 10.0 Å². The number of rotatable bonds is 6. The normalized spacial score (nSPS) is 15.2. The van der Waals surface area contributed by atoms with Crippen LogP contribution in [0, 0.1) is 25.2 Å². The maximum absolute atomic E-state index is 12.9. The molecule has 0 bridgehead atoms. The predicted molar refractivity (Wildman–Crippen MR) is 87.1 cm³/mol. The van der Waals surface area contributed by atoms with E-state index < -0.39 is 10.0 Å². The minimum atomic E-state index is -3.60. The van der Waals surface area contributed by atoms with E-state index in [-0.39, 0.29) is 11.4 Å². The molecule has 0 aliphatic heterocycles. The number of hydrogen-bond donors (Lipinski definition) is 1. The zero-order valence-electron chi connectivity index (χ0n) is 12.0. The molecule has 0 spiro atoms. The summed E-state index contributed by atoms with van der Waals surface area (Å²) in [7, 11) is -3.60. The monoisotopic (exact) mass is 370 g/mol. The summed E-state index contributed by atoms with van der Waals surface area (Å²) in [5.74, 6) is 2.89. The van der Waals surface area contributed by atoms with E-state index in [0.717, 1.165) is 22.9 Å². The second kappa shape index (κ2) is 6.49. The summed E-state index contributed by atoms with van der Waals surface area (Å²) in [5.41, 5.74) is 7.11. The van der Waals surface area contributed by atoms with E-state index in [1.807, 2.05) is 6.07 Å². The van der Waals surface area contributed by atoms with Gasteiger partial charge in [-0.3, -0.25) is 0 Å². The van der Waals surface area contributed by atoms with E-state index >= 15 is 0 Å². The van der Waals surface area contributed by atoms with Crippen LogP contribution in [0.5, 0.6) is 0 Å². The van der Waals surface area contributed by atoms with Crippen LogP contribution in [0.4, 0.5) is 0 Å². The fourth-order valence-electron chi connectivity index (χ4n) is 2.17. The first kappa shape index (κ1) is 16.5. The van der Waals surface area contributed by atoms with Gasteiger partial charge < -0.3 is 5.73 Å². The molecule has 0 radical (unpaired) electrons. The SMILES string of the molecule is C#CCN(CC1CC1)S(=O)(=O)c1cc(CN)cc(Br)c1C. The second-order valence-electron chi connectivity index (χ2n) is 5.35. The van der Waals surface area contributed by atoms with Crippen molar-refractivity contribution in [3.05, 3.63) is 27.7 Å². The Kier molecular flexibility index (Phi) is 5.10. The van der Waals surface area contributed by atoms with Crippen LogP contribution in [0.3, 0.4) is 0 Å². The predicted octanol–water partition coefficient (Wildman–Crippen LogP) is 2.25. The molecule has 4 nitrogen and oxygen atoms in total. The molecule has 1 aromatic carbocycles. The van der Waals surface area contributed by atoms with Crippen molar-refractivity contribution in [2.45, 2.75) is 31.2 Å². The lowest BCUT2D eigenvalue weighted by Gasteiger charge is -2.22. The van der Waals surface area contributed by atoms with Gasteiger partial charge in [-0.15, -0.1) is 6.42 Å². The Morgan fingerprint density at radius 2 is 2.14 bits per heavy atom. The lowest BCUT2D eigenvalue weighted by molar-refractivity contribution is 0.429. The Morgan fingerprint density at radius 3 is 2.67 bits per heavy atom. The van der Waals surface area contributed by atoms with Gasteiger partial charge in [-0.25, -0.2) is 8.42 Å². The number of nitrogens with zero attached hydrogens (tertiary/aromatic N) is 1. The van der Waals surface area contributed by atoms with Crippen molar-refractivity contribution in [1.82, 2.24) is 4.31 Å². The summed E-state index contributed by atoms with van der Waals surface area (Å²) in [4.78, 5) is 0.285. The topological polar surface area (TPSA) is 63.4 Å². The number of nitrogens with two attached hydrogens (primary N) is 1. The molecule has 114 valence electrons. The van der Waals surface area contributed by atoms with Crippen molar-refractivity contribution >= 4 is 26.0 Å². The maximum Gasteiger partial charge on any atom is 0.244 e. The third-order valence-electron chi connectivity index (χ3n) is 3.64. The first-order chi connectivity index (χ1) is 9.90. The highest BCUT2D eigenvalue weighted by Gasteiger charge is 2.32. The summed E-state index contributed by atoms with van der Waals surface area (Å²) in [6.07, 6.45) is 7.48. The van der Waals surface area contributed by atoms with Gasteiger partial charge in [0.1, 0.15) is 0 Å². The molecule has 0 atom stereocenters. The van der Waals surface area contributed by atoms with E-state index in [2.05, 4.69) is 21.9 Å². The largest absolute Gasteiger partial charge is 0.326 e. The highest BCUT2D eigenvalue weighted by Crippen LogP contribution is 2.33. The van der Waals surface area contributed by atoms with E-state index in [1.54, 1.807) is 13.0 Å². The van der Waals surface area contributed by atoms with Crippen molar-refractivity contribution in [1.29, 1.82) is 0 Å². The molecular weight excluding hydrogens is 352 g/mol. The van der Waals surface area contributed by atoms with Gasteiger partial charge in [0.05, 0.1) is 11.4 Å². The van der Waals surface area contributed by atoms with Crippen LogP contribution in [0.1, 0.15) is 24.0 Å². The van der Waals surface area contributed by atoms with Crippen molar-refractivity contribution in [3.8, 4) is 12.3 Å². The summed E-state index contributed by atoms with van der Waals surface area (Å²) in [6, 6.07) is 3.49. The Bertz CT molecular complexity index is 676. The molecule has 1 aliphatic rings. The molecule has 0 unspecified atom stereocenters. The fourth-order valence-corrected chi connectivity index (χ4v) is 4.54. The van der Waals surface area contributed by atoms with Gasteiger partial charge in [-0.2, -0.15) is 4.31 Å². The summed E-state index contributed by atoms with van der Waals surface area (Å²) >= 11 is 3.40. The number of terminal acetylenes is 1. The van der Waals surface area contributed by atoms with Gasteiger partial charge >= 0.3 is 0 Å². The summed E-state index contributed by atoms with van der Waals surface area (Å²) in [5, 5.41) is 0. The number of sulfonamides is 1. The molecule has 0 amide bonds. The Labute approximate surface area is 134 Å². The molecule has 1 aromatic rings. The Hall–Kier alpha value is -0.870. The Balaban J connectivity index is 2.45. The molecule has 6 heteroatoms. The quantitative estimate of drug-likeness (QED) is 0.781. The highest BCUT2D eigenvalue weighted by atomic mass is 79.9. The van der Waals surface area contributed by atoms with Crippen LogP contribution in [-0.4, -0.2) is 25.8 Å². The third kappa shape index (κ3) is 3.67. The molecular formula is C15H19BrN2O2S. The minimum Gasteiger partial charge on any atom is -0.326 e. The van der Waals surface area contributed by atoms with Gasteiger partial charge in [-0.05, 0) is 48.9 Å². The average Bonchev–Trinajstić information content (AvgIpc) is 3.25. The average molecular weight is 371 g/mol. The molecule has 0 heterocycles. The van der Waals surface area contributed by atoms with Gasteiger partial charge in [0.25, 0.3) is 0 Å². The van der Waals surface area contributed by atoms with Crippen LogP contribution < -0.4 is 5.73 Å². The van der Waals surface area contributed by atoms with Gasteiger partial charge in [-0.1, -0.05) is 21.9 Å². The van der Waals surface area contributed by atoms with Crippen molar-refractivity contribution in [2.24, 2.45) is 11.7 Å². The first-order valence-electron chi connectivity index (χ1n) is 6.82. The second-order valence-corrected chi connectivity index (χ2v) is 8.11. The summed E-state index contributed by atoms with van der Waals surface area (Å²) in [6.45, 7) is 2.67. The standard InChI is InChI=1S/C15H19BrN2O2S/c1-3-6-18(10-12-4-5-12)21(19,20)15-8-13(9-17)7-14(16)11(15)2/h1,7-8,12H,4-6,9-10,17H2,2H3. The van der Waals surface area contributed by atoms with E-state index in [0.29, 0.717) is 24.6 Å². The number of halogens is 1. The highest BCUT2D eigenvalue weighted by molar-refractivity contribution is 9.10. The zero-order valence-corrected chi connectivity index (χ0v) is 14.4. The van der Waals surface area contributed by atoms with Gasteiger partial charge in [0, 0.05) is 17.6 Å². The van der Waals surface area contributed by atoms with Crippen LogP contribution in [0.25, 0.3) is 0 Å². The van der Waals surface area contributed by atoms with E-state index in [1.165, 1.54) is 4.31 Å². The smallest absolute Gasteiger partial charge is 0.244 e. The molecule has 1 saturated carbocycles. The van der Waals surface area contributed by atoms with Gasteiger partial charge in [0.15, 0.2) is 0 Å². The van der Waals surface area contributed by atoms with Crippen molar-refractivity contribution in [3.63, 3.8) is 0 Å². The van der Waals surface area contributed by atoms with Crippen LogP contribution in [-0.2, 0) is 16.6 Å². The van der Waals surface area contributed by atoms with E-state index in [9.17, 15) is 8.42 Å². The van der Waals surface area contributed by atoms with Crippen LogP contribution in [0.15, 0.2) is 21.5 Å². The van der Waals surface area contributed by atoms with Crippen LogP contribution in [0.2, 0.25) is 0 Å². The van der Waals surface area contributed by atoms with Crippen LogP contribution >= 0.6 is 15.9 Å². The third-order valence-corrected chi connectivity index (χ3v) is 6.40. The molecule has 0 saturated heterocycles. The van der Waals surface area contributed by atoms with E-state index in [4.69, 9.17) is 12.2 Å². The first-order valence-corrected chi connectivity index (χ1v) is 9.06. The Morgan fingerprint density at radius 1 is 1.48 bits per heavy atom. The van der Waals surface area contributed by atoms with Crippen molar-refractivity contribution in [2.75, 3.05) is 13.1 Å². The summed E-state index contributed by atoms with van der Waals surface area (Å²) < 4.78 is 27.9. The number of benzene rings is 1. The molecule has 2 rings (SSSR count). The maximum atomic E-state index is 12.9. The lowest BCUT2D eigenvalue weighted by atomic mass is 10.1. The zero-order chi connectivity index (χ0) is 15.6. The molecule has 1 aliphatic carbocycles. The van der Waals surface area contributed by atoms with Crippen molar-refractivity contribution < 1.29 is 8.42 Å². The minimum absolute atomic E-state index is 0.0999. The fraction of sp³-hybridized carbons (Fsp3) is 0.467. The number of hydrogen-bond acceptors (Lipinski definition) is 3. The lowest BCUT2D eigenvalue weighted by Crippen LogP contribution is -2.34.